The van der Waals surface area contributed by atoms with Crippen molar-refractivity contribution in [2.45, 2.75) is 25.1 Å². The topological polar surface area (TPSA) is 61.0 Å². The molecule has 1 aliphatic rings. The van der Waals surface area contributed by atoms with Crippen molar-refractivity contribution in [2.24, 2.45) is 0 Å². The molecule has 124 valence electrons. The third kappa shape index (κ3) is 3.52. The zero-order chi connectivity index (χ0) is 16.6. The maximum Gasteiger partial charge on any atom is 0.397 e. The average molecular weight is 347 g/mol. The predicted octanol–water partition coefficient (Wildman–Crippen LogP) is 3.18. The van der Waals surface area contributed by atoms with E-state index < -0.39 is 18.5 Å². The molecular weight excluding hydrogens is 333 g/mol. The van der Waals surface area contributed by atoms with Crippen LogP contribution in [0.3, 0.4) is 0 Å². The molecule has 23 heavy (non-hydrogen) atoms. The van der Waals surface area contributed by atoms with Crippen LogP contribution in [-0.4, -0.2) is 46.1 Å². The minimum Gasteiger partial charge on any atom is -0.379 e. The number of pyridine rings is 1. The lowest BCUT2D eigenvalue weighted by atomic mass is 10.2. The van der Waals surface area contributed by atoms with Gasteiger partial charge in [0.05, 0.1) is 16.9 Å². The number of carbonyl (C=O) groups is 1. The number of amides is 1. The normalized spacial score (nSPS) is 18.6. The third-order valence-corrected chi connectivity index (χ3v) is 4.07. The molecule has 9 heteroatoms. The van der Waals surface area contributed by atoms with Gasteiger partial charge in [-0.15, -0.1) is 0 Å². The Balaban J connectivity index is 1.69. The van der Waals surface area contributed by atoms with E-state index in [-0.39, 0.29) is 12.6 Å². The largest absolute Gasteiger partial charge is 0.397 e. The van der Waals surface area contributed by atoms with Crippen LogP contribution in [0.15, 0.2) is 18.5 Å². The fourth-order valence-corrected chi connectivity index (χ4v) is 2.93. The van der Waals surface area contributed by atoms with E-state index in [0.717, 1.165) is 5.39 Å². The first-order valence-corrected chi connectivity index (χ1v) is 7.44. The molecule has 0 saturated carbocycles. The Morgan fingerprint density at radius 2 is 2.30 bits per heavy atom. The van der Waals surface area contributed by atoms with Crippen LogP contribution < -0.4 is 5.32 Å². The summed E-state index contributed by atoms with van der Waals surface area (Å²) in [6.07, 6.45) is -2.10. The van der Waals surface area contributed by atoms with E-state index >= 15 is 0 Å². The molecule has 2 N–H and O–H groups in total. The summed E-state index contributed by atoms with van der Waals surface area (Å²) in [6, 6.07) is 1.67. The van der Waals surface area contributed by atoms with Gasteiger partial charge in [-0.1, -0.05) is 11.6 Å². The molecule has 2 aromatic heterocycles. The number of fused-ring (bicyclic) bond motifs is 1. The standard InChI is InChI=1S/C14H14ClF3N4O/c15-10-6-20-13-9(1-3-19-13)12(10)21-8-2-4-22(7-8)11(23)5-14(16,17)18/h1,3,6,8H,2,4-5,7H2,(H2,19,20,21)/t8-/m1/s1. The van der Waals surface area contributed by atoms with Crippen molar-refractivity contribution >= 4 is 34.2 Å². The number of rotatable bonds is 3. The highest BCUT2D eigenvalue weighted by atomic mass is 35.5. The third-order valence-electron chi connectivity index (χ3n) is 3.78. The Kier molecular flexibility index (Phi) is 4.09. The smallest absolute Gasteiger partial charge is 0.379 e. The van der Waals surface area contributed by atoms with Gasteiger partial charge in [-0.3, -0.25) is 4.79 Å². The van der Waals surface area contributed by atoms with Crippen LogP contribution in [0.2, 0.25) is 5.02 Å². The minimum atomic E-state index is -4.48. The van der Waals surface area contributed by atoms with Crippen molar-refractivity contribution in [3.05, 3.63) is 23.5 Å². The van der Waals surface area contributed by atoms with Gasteiger partial charge in [-0.2, -0.15) is 13.2 Å². The first kappa shape index (κ1) is 15.9. The lowest BCUT2D eigenvalue weighted by Gasteiger charge is -2.19. The second-order valence-electron chi connectivity index (χ2n) is 5.48. The van der Waals surface area contributed by atoms with Crippen LogP contribution in [-0.2, 0) is 4.79 Å². The summed E-state index contributed by atoms with van der Waals surface area (Å²) in [6.45, 7) is 0.519. The Morgan fingerprint density at radius 1 is 1.52 bits per heavy atom. The fraction of sp³-hybridized carbons (Fsp3) is 0.429. The van der Waals surface area contributed by atoms with Crippen molar-refractivity contribution < 1.29 is 18.0 Å². The van der Waals surface area contributed by atoms with Crippen molar-refractivity contribution in [1.29, 1.82) is 0 Å². The van der Waals surface area contributed by atoms with Gasteiger partial charge >= 0.3 is 6.18 Å². The summed E-state index contributed by atoms with van der Waals surface area (Å²) in [5, 5.41) is 4.45. The average Bonchev–Trinajstić information content (AvgIpc) is 3.09. The molecule has 0 spiro atoms. The van der Waals surface area contributed by atoms with Gasteiger partial charge in [-0.25, -0.2) is 4.98 Å². The highest BCUT2D eigenvalue weighted by Gasteiger charge is 2.36. The molecule has 0 aromatic carbocycles. The zero-order valence-electron chi connectivity index (χ0n) is 12.0. The molecule has 3 rings (SSSR count). The van der Waals surface area contributed by atoms with Crippen LogP contribution in [0.25, 0.3) is 11.0 Å². The lowest BCUT2D eigenvalue weighted by Crippen LogP contribution is -2.34. The molecule has 0 unspecified atom stereocenters. The maximum absolute atomic E-state index is 12.3. The number of hydrogen-bond donors (Lipinski definition) is 2. The summed E-state index contributed by atoms with van der Waals surface area (Å²) in [7, 11) is 0. The Bertz CT molecular complexity index is 730. The number of carbonyl (C=O) groups excluding carboxylic acids is 1. The number of likely N-dealkylation sites (tertiary alicyclic amines) is 1. The summed E-state index contributed by atoms with van der Waals surface area (Å²) in [5.41, 5.74) is 1.34. The van der Waals surface area contributed by atoms with Gasteiger partial charge in [0.1, 0.15) is 12.1 Å². The number of aromatic nitrogens is 2. The number of nitrogens with one attached hydrogen (secondary N) is 2. The Hall–Kier alpha value is -1.96. The molecule has 1 fully saturated rings. The van der Waals surface area contributed by atoms with Crippen LogP contribution in [0.5, 0.6) is 0 Å². The van der Waals surface area contributed by atoms with Crippen LogP contribution in [0.4, 0.5) is 18.9 Å². The van der Waals surface area contributed by atoms with E-state index in [2.05, 4.69) is 15.3 Å². The molecular formula is C14H14ClF3N4O. The maximum atomic E-state index is 12.3. The number of H-pyrrole nitrogens is 1. The summed E-state index contributed by atoms with van der Waals surface area (Å²) in [4.78, 5) is 20.0. The summed E-state index contributed by atoms with van der Waals surface area (Å²) >= 11 is 6.16. The lowest BCUT2D eigenvalue weighted by molar-refractivity contribution is -0.160. The quantitative estimate of drug-likeness (QED) is 0.897. The molecule has 2 aromatic rings. The van der Waals surface area contributed by atoms with E-state index in [0.29, 0.717) is 29.3 Å². The molecule has 1 aliphatic heterocycles. The monoisotopic (exact) mass is 346 g/mol. The van der Waals surface area contributed by atoms with Crippen molar-refractivity contribution in [1.82, 2.24) is 14.9 Å². The first-order chi connectivity index (χ1) is 10.8. The van der Waals surface area contributed by atoms with Gasteiger partial charge in [0, 0.05) is 30.7 Å². The van der Waals surface area contributed by atoms with Crippen LogP contribution in [0, 0.1) is 0 Å². The number of nitrogens with zero attached hydrogens (tertiary/aromatic N) is 2. The predicted molar refractivity (Wildman–Crippen MR) is 80.4 cm³/mol. The van der Waals surface area contributed by atoms with E-state index in [1.807, 2.05) is 6.07 Å². The summed E-state index contributed by atoms with van der Waals surface area (Å²) < 4.78 is 36.9. The van der Waals surface area contributed by atoms with E-state index in [4.69, 9.17) is 11.6 Å². The van der Waals surface area contributed by atoms with Crippen LogP contribution in [0.1, 0.15) is 12.8 Å². The molecule has 1 atom stereocenters. The molecule has 1 saturated heterocycles. The SMILES string of the molecule is O=C(CC(F)(F)F)N1CC[C@@H](Nc2c(Cl)cnc3[nH]ccc23)C1. The molecule has 0 radical (unpaired) electrons. The number of aromatic amines is 1. The minimum absolute atomic E-state index is 0.148. The Labute approximate surface area is 134 Å². The van der Waals surface area contributed by atoms with Gasteiger partial charge in [0.2, 0.25) is 5.91 Å². The second kappa shape index (κ2) is 5.92. The number of hydrogen-bond acceptors (Lipinski definition) is 3. The van der Waals surface area contributed by atoms with Crippen molar-refractivity contribution in [2.75, 3.05) is 18.4 Å². The van der Waals surface area contributed by atoms with Crippen molar-refractivity contribution in [3.63, 3.8) is 0 Å². The van der Waals surface area contributed by atoms with E-state index in [1.54, 1.807) is 6.20 Å². The second-order valence-corrected chi connectivity index (χ2v) is 5.89. The molecule has 0 aliphatic carbocycles. The zero-order valence-corrected chi connectivity index (χ0v) is 12.7. The first-order valence-electron chi connectivity index (χ1n) is 7.06. The number of alkyl halides is 3. The molecule has 1 amide bonds. The summed E-state index contributed by atoms with van der Waals surface area (Å²) in [5.74, 6) is -0.894. The van der Waals surface area contributed by atoms with Crippen LogP contribution >= 0.6 is 11.6 Å². The van der Waals surface area contributed by atoms with Crippen molar-refractivity contribution in [3.8, 4) is 0 Å². The highest BCUT2D eigenvalue weighted by molar-refractivity contribution is 6.34. The number of halogens is 4. The Morgan fingerprint density at radius 3 is 3.04 bits per heavy atom. The number of anilines is 1. The van der Waals surface area contributed by atoms with E-state index in [9.17, 15) is 18.0 Å². The molecule has 5 nitrogen and oxygen atoms in total. The molecule has 0 bridgehead atoms. The van der Waals surface area contributed by atoms with Gasteiger partial charge in [0.25, 0.3) is 0 Å². The van der Waals surface area contributed by atoms with Gasteiger partial charge in [-0.05, 0) is 12.5 Å². The fourth-order valence-electron chi connectivity index (χ4n) is 2.72. The van der Waals surface area contributed by atoms with Gasteiger partial charge < -0.3 is 15.2 Å². The van der Waals surface area contributed by atoms with E-state index in [1.165, 1.54) is 11.1 Å². The molecule has 3 heterocycles. The van der Waals surface area contributed by atoms with Gasteiger partial charge in [0.15, 0.2) is 0 Å². The highest BCUT2D eigenvalue weighted by Crippen LogP contribution is 2.31.